The SMILES string of the molecule is CCC[Si]1(C)C2=CC(=O)C=CC2=Nc2ccc(N(CC)CC)cc21. The molecule has 24 heavy (non-hydrogen) atoms. The van der Waals surface area contributed by atoms with Gasteiger partial charge in [0.05, 0.1) is 11.4 Å². The van der Waals surface area contributed by atoms with Crippen molar-refractivity contribution in [2.45, 2.75) is 39.8 Å². The van der Waals surface area contributed by atoms with Gasteiger partial charge in [-0.25, -0.2) is 4.99 Å². The van der Waals surface area contributed by atoms with Crippen molar-refractivity contribution >= 4 is 36.1 Å². The standard InChI is InChI=1S/C20H26N2OSi/c1-5-12-24(4)19-13-15(22(6-2)7-3)8-10-17(19)21-18-11-9-16(23)14-20(18)24/h8-11,13-14H,5-7,12H2,1-4H3. The average Bonchev–Trinajstić information content (AvgIpc) is 2.58. The molecule has 126 valence electrons. The van der Waals surface area contributed by atoms with Crippen LogP contribution in [-0.2, 0) is 4.79 Å². The van der Waals surface area contributed by atoms with Gasteiger partial charge >= 0.3 is 0 Å². The number of hydrogen-bond acceptors (Lipinski definition) is 3. The van der Waals surface area contributed by atoms with Gasteiger partial charge in [0.25, 0.3) is 0 Å². The van der Waals surface area contributed by atoms with Crippen molar-refractivity contribution in [3.05, 3.63) is 41.6 Å². The third kappa shape index (κ3) is 2.69. The fraction of sp³-hybridized carbons (Fsp3) is 0.400. The van der Waals surface area contributed by atoms with Crippen LogP contribution >= 0.6 is 0 Å². The lowest BCUT2D eigenvalue weighted by Crippen LogP contribution is -2.52. The van der Waals surface area contributed by atoms with Crippen molar-refractivity contribution < 1.29 is 4.79 Å². The highest BCUT2D eigenvalue weighted by atomic mass is 28.3. The minimum absolute atomic E-state index is 0.0992. The maximum atomic E-state index is 12.0. The van der Waals surface area contributed by atoms with Gasteiger partial charge in [0, 0.05) is 18.8 Å². The molecule has 2 aliphatic rings. The highest BCUT2D eigenvalue weighted by Gasteiger charge is 2.41. The smallest absolute Gasteiger partial charge is 0.178 e. The Labute approximate surface area is 145 Å². The molecule has 0 bridgehead atoms. The van der Waals surface area contributed by atoms with E-state index in [0.717, 1.165) is 37.0 Å². The van der Waals surface area contributed by atoms with Gasteiger partial charge < -0.3 is 4.90 Å². The van der Waals surface area contributed by atoms with Crippen LogP contribution in [0.5, 0.6) is 0 Å². The largest absolute Gasteiger partial charge is 0.372 e. The molecule has 4 heteroatoms. The van der Waals surface area contributed by atoms with Crippen LogP contribution in [0.15, 0.2) is 46.6 Å². The molecule has 1 aromatic carbocycles. The van der Waals surface area contributed by atoms with Gasteiger partial charge in [0.1, 0.15) is 8.07 Å². The minimum atomic E-state index is -1.93. The molecule has 3 rings (SSSR count). The maximum absolute atomic E-state index is 12.0. The molecule has 0 N–H and O–H groups in total. The highest BCUT2D eigenvalue weighted by Crippen LogP contribution is 2.35. The minimum Gasteiger partial charge on any atom is -0.372 e. The number of rotatable bonds is 5. The quantitative estimate of drug-likeness (QED) is 0.602. The summed E-state index contributed by atoms with van der Waals surface area (Å²) in [5.74, 6) is 0.0992. The van der Waals surface area contributed by atoms with Crippen LogP contribution in [0.25, 0.3) is 0 Å². The second kappa shape index (κ2) is 6.52. The summed E-state index contributed by atoms with van der Waals surface area (Å²) in [5, 5.41) is 2.59. The summed E-state index contributed by atoms with van der Waals surface area (Å²) in [7, 11) is -1.93. The Bertz CT molecular complexity index is 759. The molecular weight excluding hydrogens is 312 g/mol. The lowest BCUT2D eigenvalue weighted by atomic mass is 10.1. The number of hydrogen-bond donors (Lipinski definition) is 0. The molecule has 0 saturated carbocycles. The lowest BCUT2D eigenvalue weighted by Gasteiger charge is -2.37. The first-order valence-corrected chi connectivity index (χ1v) is 11.7. The van der Waals surface area contributed by atoms with Crippen molar-refractivity contribution in [2.75, 3.05) is 18.0 Å². The molecule has 0 radical (unpaired) electrons. The second-order valence-corrected chi connectivity index (χ2v) is 11.0. The van der Waals surface area contributed by atoms with Crippen molar-refractivity contribution in [3.8, 4) is 0 Å². The molecule has 1 aliphatic carbocycles. The first-order chi connectivity index (χ1) is 11.5. The summed E-state index contributed by atoms with van der Waals surface area (Å²) in [6, 6.07) is 7.84. The van der Waals surface area contributed by atoms with E-state index >= 15 is 0 Å². The Morgan fingerprint density at radius 3 is 2.54 bits per heavy atom. The summed E-state index contributed by atoms with van der Waals surface area (Å²) in [6.45, 7) is 11.0. The Balaban J connectivity index is 2.20. The van der Waals surface area contributed by atoms with E-state index in [2.05, 4.69) is 50.4 Å². The monoisotopic (exact) mass is 338 g/mol. The van der Waals surface area contributed by atoms with Gasteiger partial charge in [-0.2, -0.15) is 0 Å². The van der Waals surface area contributed by atoms with Gasteiger partial charge in [0.2, 0.25) is 0 Å². The van der Waals surface area contributed by atoms with E-state index < -0.39 is 8.07 Å². The van der Waals surface area contributed by atoms with E-state index in [9.17, 15) is 4.79 Å². The molecule has 0 amide bonds. The molecule has 1 atom stereocenters. The maximum Gasteiger partial charge on any atom is 0.178 e. The number of benzene rings is 1. The van der Waals surface area contributed by atoms with Crippen LogP contribution < -0.4 is 10.1 Å². The Morgan fingerprint density at radius 2 is 1.88 bits per heavy atom. The normalized spacial score (nSPS) is 21.8. The number of anilines is 1. The molecule has 1 aromatic rings. The van der Waals surface area contributed by atoms with E-state index in [-0.39, 0.29) is 5.78 Å². The lowest BCUT2D eigenvalue weighted by molar-refractivity contribution is -0.110. The molecular formula is C20H26N2OSi. The van der Waals surface area contributed by atoms with Gasteiger partial charge in [0.15, 0.2) is 5.78 Å². The Hall–Kier alpha value is -1.94. The Morgan fingerprint density at radius 1 is 1.12 bits per heavy atom. The van der Waals surface area contributed by atoms with Crippen molar-refractivity contribution in [2.24, 2.45) is 4.99 Å². The van der Waals surface area contributed by atoms with E-state index in [1.54, 1.807) is 6.08 Å². The predicted molar refractivity (Wildman–Crippen MR) is 106 cm³/mol. The predicted octanol–water partition coefficient (Wildman–Crippen LogP) is 3.92. The number of carbonyl (C=O) groups excluding carboxylic acids is 1. The molecule has 1 aliphatic heterocycles. The number of fused-ring (bicyclic) bond motifs is 2. The first kappa shape index (κ1) is 16.9. The van der Waals surface area contributed by atoms with Gasteiger partial charge in [-0.3, -0.25) is 4.79 Å². The fourth-order valence-electron chi connectivity index (χ4n) is 3.95. The van der Waals surface area contributed by atoms with Crippen LogP contribution in [0.2, 0.25) is 12.6 Å². The van der Waals surface area contributed by atoms with Crippen molar-refractivity contribution in [3.63, 3.8) is 0 Å². The molecule has 0 aromatic heterocycles. The van der Waals surface area contributed by atoms with Crippen LogP contribution in [-0.4, -0.2) is 32.7 Å². The summed E-state index contributed by atoms with van der Waals surface area (Å²) in [6.07, 6.45) is 6.51. The third-order valence-electron chi connectivity index (χ3n) is 5.26. The van der Waals surface area contributed by atoms with Crippen LogP contribution in [0.3, 0.4) is 0 Å². The molecule has 1 heterocycles. The summed E-state index contributed by atoms with van der Waals surface area (Å²) in [4.78, 5) is 19.2. The summed E-state index contributed by atoms with van der Waals surface area (Å²) in [5.41, 5.74) is 3.37. The molecule has 0 fully saturated rings. The number of carbonyl (C=O) groups is 1. The topological polar surface area (TPSA) is 32.7 Å². The van der Waals surface area contributed by atoms with E-state index in [1.807, 2.05) is 12.2 Å². The molecule has 0 spiro atoms. The number of nitrogens with zero attached hydrogens (tertiary/aromatic N) is 2. The molecule has 1 unspecified atom stereocenters. The second-order valence-electron chi connectivity index (χ2n) is 6.75. The molecule has 3 nitrogen and oxygen atoms in total. The number of ketones is 1. The first-order valence-electron chi connectivity index (χ1n) is 8.96. The zero-order chi connectivity index (χ0) is 17.3. The van der Waals surface area contributed by atoms with E-state index in [4.69, 9.17) is 4.99 Å². The zero-order valence-electron chi connectivity index (χ0n) is 15.1. The van der Waals surface area contributed by atoms with Gasteiger partial charge in [-0.1, -0.05) is 19.9 Å². The fourth-order valence-corrected chi connectivity index (χ4v) is 8.11. The number of allylic oxidation sites excluding steroid dienone is 4. The van der Waals surface area contributed by atoms with Crippen LogP contribution in [0.4, 0.5) is 11.4 Å². The average molecular weight is 339 g/mol. The number of aliphatic imine (C=N–C) groups is 1. The third-order valence-corrected chi connectivity index (χ3v) is 9.94. The zero-order valence-corrected chi connectivity index (χ0v) is 16.1. The van der Waals surface area contributed by atoms with E-state index in [1.165, 1.54) is 16.1 Å². The van der Waals surface area contributed by atoms with Crippen molar-refractivity contribution in [1.82, 2.24) is 0 Å². The summed E-state index contributed by atoms with van der Waals surface area (Å²) < 4.78 is 0. The highest BCUT2D eigenvalue weighted by molar-refractivity contribution is 7.02. The summed E-state index contributed by atoms with van der Waals surface area (Å²) >= 11 is 0. The Kier molecular flexibility index (Phi) is 4.59. The van der Waals surface area contributed by atoms with Crippen LogP contribution in [0.1, 0.15) is 27.2 Å². The van der Waals surface area contributed by atoms with E-state index in [0.29, 0.717) is 0 Å². The van der Waals surface area contributed by atoms with Crippen molar-refractivity contribution in [1.29, 1.82) is 0 Å². The van der Waals surface area contributed by atoms with Gasteiger partial charge in [-0.05, 0) is 66.7 Å². The van der Waals surface area contributed by atoms with Crippen LogP contribution in [0, 0.1) is 0 Å². The van der Waals surface area contributed by atoms with Gasteiger partial charge in [-0.15, -0.1) is 0 Å². The molecule has 0 saturated heterocycles.